The van der Waals surface area contributed by atoms with Crippen molar-refractivity contribution >= 4 is 10.9 Å². The number of ether oxygens (including phenoxy) is 1. The standard InChI is InChI=1S/C14H15NO3/c1-8-9(7-16)4-5-10-11-3-2-6-18-13(11)14(17)15-12(8)10/h4-5,16H,2-3,6-7H2,1H3,(H,15,17). The van der Waals surface area contributed by atoms with Crippen LogP contribution in [0.25, 0.3) is 10.9 Å². The van der Waals surface area contributed by atoms with E-state index >= 15 is 0 Å². The van der Waals surface area contributed by atoms with Gasteiger partial charge in [-0.3, -0.25) is 4.79 Å². The van der Waals surface area contributed by atoms with Gasteiger partial charge in [-0.2, -0.15) is 0 Å². The lowest BCUT2D eigenvalue weighted by atomic mass is 9.97. The van der Waals surface area contributed by atoms with Crippen molar-refractivity contribution in [2.24, 2.45) is 0 Å². The van der Waals surface area contributed by atoms with Crippen molar-refractivity contribution in [3.05, 3.63) is 39.2 Å². The highest BCUT2D eigenvalue weighted by Gasteiger charge is 2.18. The minimum atomic E-state index is -0.171. The number of fused-ring (bicyclic) bond motifs is 3. The third-order valence-corrected chi connectivity index (χ3v) is 3.61. The first kappa shape index (κ1) is 11.3. The van der Waals surface area contributed by atoms with Gasteiger partial charge in [0, 0.05) is 10.9 Å². The number of nitrogens with one attached hydrogen (secondary N) is 1. The Hall–Kier alpha value is -1.81. The number of pyridine rings is 1. The van der Waals surface area contributed by atoms with Gasteiger partial charge in [0.1, 0.15) is 0 Å². The molecule has 4 nitrogen and oxygen atoms in total. The average Bonchev–Trinajstić information content (AvgIpc) is 2.41. The van der Waals surface area contributed by atoms with Crippen LogP contribution < -0.4 is 10.3 Å². The van der Waals surface area contributed by atoms with Crippen LogP contribution in [0, 0.1) is 6.92 Å². The number of hydrogen-bond acceptors (Lipinski definition) is 3. The molecule has 1 aliphatic heterocycles. The second-order valence-corrected chi connectivity index (χ2v) is 4.64. The molecule has 0 atom stereocenters. The van der Waals surface area contributed by atoms with Crippen LogP contribution in [0.3, 0.4) is 0 Å². The maximum absolute atomic E-state index is 12.0. The Morgan fingerprint density at radius 2 is 2.28 bits per heavy atom. The van der Waals surface area contributed by atoms with Crippen molar-refractivity contribution in [1.82, 2.24) is 4.98 Å². The monoisotopic (exact) mass is 245 g/mol. The number of aromatic amines is 1. The van der Waals surface area contributed by atoms with Gasteiger partial charge in [0.25, 0.3) is 5.56 Å². The van der Waals surface area contributed by atoms with Gasteiger partial charge in [0.2, 0.25) is 0 Å². The van der Waals surface area contributed by atoms with Gasteiger partial charge in [-0.15, -0.1) is 0 Å². The van der Waals surface area contributed by atoms with Gasteiger partial charge < -0.3 is 14.8 Å². The first-order valence-electron chi connectivity index (χ1n) is 6.13. The molecule has 0 radical (unpaired) electrons. The van der Waals surface area contributed by atoms with Gasteiger partial charge >= 0.3 is 0 Å². The van der Waals surface area contributed by atoms with Crippen LogP contribution in [0.15, 0.2) is 16.9 Å². The fourth-order valence-electron chi connectivity index (χ4n) is 2.59. The number of aromatic nitrogens is 1. The quantitative estimate of drug-likeness (QED) is 0.803. The normalized spacial score (nSPS) is 14.3. The van der Waals surface area contributed by atoms with Crippen molar-refractivity contribution < 1.29 is 9.84 Å². The molecule has 0 amide bonds. The van der Waals surface area contributed by atoms with E-state index < -0.39 is 0 Å². The molecule has 1 aromatic carbocycles. The zero-order valence-electron chi connectivity index (χ0n) is 10.2. The van der Waals surface area contributed by atoms with Crippen molar-refractivity contribution in [1.29, 1.82) is 0 Å². The molecule has 2 heterocycles. The Labute approximate surface area is 104 Å². The molecule has 0 saturated heterocycles. The highest BCUT2D eigenvalue weighted by molar-refractivity contribution is 5.87. The summed E-state index contributed by atoms with van der Waals surface area (Å²) in [6.45, 7) is 2.51. The van der Waals surface area contributed by atoms with E-state index in [1.54, 1.807) is 0 Å². The number of aliphatic hydroxyl groups is 1. The van der Waals surface area contributed by atoms with Crippen molar-refractivity contribution in [2.75, 3.05) is 6.61 Å². The second-order valence-electron chi connectivity index (χ2n) is 4.64. The fourth-order valence-corrected chi connectivity index (χ4v) is 2.59. The maximum Gasteiger partial charge on any atom is 0.291 e. The van der Waals surface area contributed by atoms with E-state index in [0.29, 0.717) is 12.4 Å². The summed E-state index contributed by atoms with van der Waals surface area (Å²) < 4.78 is 5.47. The SMILES string of the molecule is Cc1c(CO)ccc2c3c(c(=O)[nH]c12)OCCC3. The van der Waals surface area contributed by atoms with Crippen molar-refractivity contribution in [3.63, 3.8) is 0 Å². The Bertz CT molecular complexity index is 673. The number of aliphatic hydroxyl groups excluding tert-OH is 1. The third kappa shape index (κ3) is 1.53. The van der Waals surface area contributed by atoms with E-state index in [4.69, 9.17) is 4.74 Å². The highest BCUT2D eigenvalue weighted by atomic mass is 16.5. The average molecular weight is 245 g/mol. The van der Waals surface area contributed by atoms with Crippen LogP contribution in [-0.4, -0.2) is 16.7 Å². The summed E-state index contributed by atoms with van der Waals surface area (Å²) >= 11 is 0. The lowest BCUT2D eigenvalue weighted by molar-refractivity contribution is 0.281. The van der Waals surface area contributed by atoms with E-state index in [-0.39, 0.29) is 12.2 Å². The highest BCUT2D eigenvalue weighted by Crippen LogP contribution is 2.30. The van der Waals surface area contributed by atoms with Crippen LogP contribution in [0.5, 0.6) is 5.75 Å². The number of hydrogen-bond donors (Lipinski definition) is 2. The Morgan fingerprint density at radius 1 is 1.44 bits per heavy atom. The summed E-state index contributed by atoms with van der Waals surface area (Å²) in [7, 11) is 0. The predicted molar refractivity (Wildman–Crippen MR) is 69.0 cm³/mol. The smallest absolute Gasteiger partial charge is 0.291 e. The van der Waals surface area contributed by atoms with E-state index in [1.807, 2.05) is 19.1 Å². The molecule has 0 spiro atoms. The van der Waals surface area contributed by atoms with Crippen LogP contribution in [0.1, 0.15) is 23.1 Å². The van der Waals surface area contributed by atoms with Gasteiger partial charge in [0.05, 0.1) is 18.7 Å². The molecule has 4 heteroatoms. The van der Waals surface area contributed by atoms with Crippen molar-refractivity contribution in [3.8, 4) is 5.75 Å². The molecular formula is C14H15NO3. The van der Waals surface area contributed by atoms with Gasteiger partial charge in [-0.25, -0.2) is 0 Å². The number of benzene rings is 1. The molecule has 0 saturated carbocycles. The molecular weight excluding hydrogens is 230 g/mol. The second kappa shape index (κ2) is 4.14. The summed E-state index contributed by atoms with van der Waals surface area (Å²) in [6, 6.07) is 3.86. The summed E-state index contributed by atoms with van der Waals surface area (Å²) in [6.07, 6.45) is 1.81. The van der Waals surface area contributed by atoms with Crippen LogP contribution >= 0.6 is 0 Å². The first-order valence-corrected chi connectivity index (χ1v) is 6.13. The van der Waals surface area contributed by atoms with Gasteiger partial charge in [0.15, 0.2) is 5.75 Å². The Morgan fingerprint density at radius 3 is 3.06 bits per heavy atom. The van der Waals surface area contributed by atoms with Gasteiger partial charge in [-0.1, -0.05) is 12.1 Å². The molecule has 3 rings (SSSR count). The van der Waals surface area contributed by atoms with Gasteiger partial charge in [-0.05, 0) is 30.9 Å². The molecule has 2 N–H and O–H groups in total. The van der Waals surface area contributed by atoms with Crippen LogP contribution in [-0.2, 0) is 13.0 Å². The topological polar surface area (TPSA) is 62.3 Å². The molecule has 18 heavy (non-hydrogen) atoms. The molecule has 0 unspecified atom stereocenters. The molecule has 0 fully saturated rings. The molecule has 2 aromatic rings. The zero-order valence-corrected chi connectivity index (χ0v) is 10.2. The first-order chi connectivity index (χ1) is 8.72. The minimum absolute atomic E-state index is 0.0165. The Kier molecular flexibility index (Phi) is 2.59. The van der Waals surface area contributed by atoms with E-state index in [1.165, 1.54) is 0 Å². The van der Waals surface area contributed by atoms with Crippen LogP contribution in [0.4, 0.5) is 0 Å². The lowest BCUT2D eigenvalue weighted by Gasteiger charge is -2.19. The molecule has 0 bridgehead atoms. The Balaban J connectivity index is 2.40. The fraction of sp³-hybridized carbons (Fsp3) is 0.357. The molecule has 1 aromatic heterocycles. The summed E-state index contributed by atoms with van der Waals surface area (Å²) in [5.41, 5.74) is 3.41. The number of aryl methyl sites for hydroxylation is 2. The lowest BCUT2D eigenvalue weighted by Crippen LogP contribution is -2.20. The summed E-state index contributed by atoms with van der Waals surface area (Å²) in [5.74, 6) is 0.463. The molecule has 94 valence electrons. The van der Waals surface area contributed by atoms with Crippen LogP contribution in [0.2, 0.25) is 0 Å². The minimum Gasteiger partial charge on any atom is -0.488 e. The van der Waals surface area contributed by atoms with E-state index in [0.717, 1.165) is 40.4 Å². The molecule has 0 aliphatic carbocycles. The number of rotatable bonds is 1. The number of H-pyrrole nitrogens is 1. The van der Waals surface area contributed by atoms with Crippen molar-refractivity contribution in [2.45, 2.75) is 26.4 Å². The summed E-state index contributed by atoms with van der Waals surface area (Å²) in [5, 5.41) is 10.3. The maximum atomic E-state index is 12.0. The van der Waals surface area contributed by atoms with E-state index in [2.05, 4.69) is 4.98 Å². The summed E-state index contributed by atoms with van der Waals surface area (Å²) in [4.78, 5) is 14.9. The third-order valence-electron chi connectivity index (χ3n) is 3.61. The largest absolute Gasteiger partial charge is 0.488 e. The zero-order chi connectivity index (χ0) is 12.7. The molecule has 1 aliphatic rings. The predicted octanol–water partition coefficient (Wildman–Crippen LogP) is 1.65. The van der Waals surface area contributed by atoms with E-state index in [9.17, 15) is 9.90 Å².